The van der Waals surface area contributed by atoms with Crippen molar-refractivity contribution in [2.45, 2.75) is 135 Å². The van der Waals surface area contributed by atoms with E-state index in [-0.39, 0.29) is 0 Å². The topological polar surface area (TPSA) is 57.5 Å². The Morgan fingerprint density at radius 1 is 0.595 bits per heavy atom. The van der Waals surface area contributed by atoms with Gasteiger partial charge in [0.25, 0.3) is 0 Å². The number of hydrogen-bond acceptors (Lipinski definition) is 2. The van der Waals surface area contributed by atoms with Gasteiger partial charge in [0, 0.05) is 6.42 Å². The summed E-state index contributed by atoms with van der Waals surface area (Å²) in [5, 5.41) is 18.4. The zero-order valence-electron chi connectivity index (χ0n) is 23.7. The molecule has 0 aromatic heterocycles. The van der Waals surface area contributed by atoms with Crippen LogP contribution >= 0.6 is 0 Å². The van der Waals surface area contributed by atoms with Gasteiger partial charge in [-0.1, -0.05) is 144 Å². The van der Waals surface area contributed by atoms with Gasteiger partial charge in [0.1, 0.15) is 0 Å². The number of aliphatic hydroxyl groups excluding tert-OH is 1. The number of aliphatic carboxylic acids is 1. The minimum atomic E-state index is -0.665. The van der Waals surface area contributed by atoms with Gasteiger partial charge in [0.15, 0.2) is 0 Å². The number of unbranched alkanes of at least 4 members (excludes halogenated alkanes) is 12. The third-order valence-electron chi connectivity index (χ3n) is 6.19. The first-order valence-electron chi connectivity index (χ1n) is 15.0. The Balaban J connectivity index is 3.41. The first-order valence-corrected chi connectivity index (χ1v) is 15.0. The molecule has 0 aliphatic heterocycles. The van der Waals surface area contributed by atoms with Gasteiger partial charge in [0.05, 0.1) is 6.10 Å². The summed E-state index contributed by atoms with van der Waals surface area (Å²) in [6, 6.07) is 0. The van der Waals surface area contributed by atoms with E-state index in [0.717, 1.165) is 38.5 Å². The van der Waals surface area contributed by atoms with Crippen molar-refractivity contribution in [1.29, 1.82) is 0 Å². The summed E-state index contributed by atoms with van der Waals surface area (Å²) >= 11 is 0. The molecule has 0 radical (unpaired) electrons. The second-order valence-electron chi connectivity index (χ2n) is 9.79. The van der Waals surface area contributed by atoms with Crippen LogP contribution in [0.15, 0.2) is 72.9 Å². The highest BCUT2D eigenvalue weighted by Gasteiger charge is 1.97. The zero-order chi connectivity index (χ0) is 27.1. The van der Waals surface area contributed by atoms with Gasteiger partial charge in [-0.05, 0) is 51.4 Å². The molecule has 0 fully saturated rings. The van der Waals surface area contributed by atoms with E-state index in [9.17, 15) is 9.90 Å². The van der Waals surface area contributed by atoms with Crippen LogP contribution in [0, 0.1) is 0 Å². The molecule has 0 aliphatic rings. The maximum Gasteiger partial charge on any atom is 0.303 e. The second kappa shape index (κ2) is 30.1. The molecule has 1 unspecified atom stereocenters. The summed E-state index contributed by atoms with van der Waals surface area (Å²) in [7, 11) is 0. The third kappa shape index (κ3) is 31.8. The average molecular weight is 513 g/mol. The van der Waals surface area contributed by atoms with E-state index in [1.54, 1.807) is 0 Å². The van der Waals surface area contributed by atoms with Gasteiger partial charge in [-0.25, -0.2) is 0 Å². The van der Waals surface area contributed by atoms with Crippen LogP contribution in [0.4, 0.5) is 0 Å². The van der Waals surface area contributed by atoms with E-state index in [4.69, 9.17) is 5.11 Å². The summed E-state index contributed by atoms with van der Waals surface area (Å²) in [5.74, 6) is -0.665. The van der Waals surface area contributed by atoms with Crippen LogP contribution in [0.1, 0.15) is 129 Å². The number of hydrogen-bond donors (Lipinski definition) is 2. The highest BCUT2D eigenvalue weighted by Crippen LogP contribution is 2.13. The van der Waals surface area contributed by atoms with Crippen molar-refractivity contribution in [2.24, 2.45) is 0 Å². The highest BCUT2D eigenvalue weighted by atomic mass is 16.4. The molecule has 2 N–H and O–H groups in total. The van der Waals surface area contributed by atoms with Crippen molar-refractivity contribution in [1.82, 2.24) is 0 Å². The maximum absolute atomic E-state index is 10.5. The quantitative estimate of drug-likeness (QED) is 0.0688. The molecular weight excluding hydrogens is 456 g/mol. The summed E-state index contributed by atoms with van der Waals surface area (Å²) in [6.45, 7) is 2.09. The number of carbonyl (C=O) groups is 1. The minimum absolute atomic E-state index is 0.328. The predicted octanol–water partition coefficient (Wildman–Crippen LogP) is 10.2. The molecule has 0 aliphatic carbocycles. The lowest BCUT2D eigenvalue weighted by Crippen LogP contribution is -1.98. The van der Waals surface area contributed by atoms with Crippen molar-refractivity contribution >= 4 is 5.97 Å². The molecular formula is C34H56O3. The molecule has 3 heteroatoms. The van der Waals surface area contributed by atoms with E-state index in [1.807, 2.05) is 24.3 Å². The fourth-order valence-electron chi connectivity index (χ4n) is 3.97. The van der Waals surface area contributed by atoms with Crippen molar-refractivity contribution in [3.05, 3.63) is 72.9 Å². The van der Waals surface area contributed by atoms with Crippen molar-refractivity contribution in [3.63, 3.8) is 0 Å². The van der Waals surface area contributed by atoms with Crippen molar-refractivity contribution < 1.29 is 15.0 Å². The predicted molar refractivity (Wildman–Crippen MR) is 162 cm³/mol. The minimum Gasteiger partial charge on any atom is -0.481 e. The van der Waals surface area contributed by atoms with Crippen LogP contribution in [-0.4, -0.2) is 22.3 Å². The molecule has 37 heavy (non-hydrogen) atoms. The Morgan fingerprint density at radius 2 is 1.08 bits per heavy atom. The van der Waals surface area contributed by atoms with Crippen LogP contribution in [0.3, 0.4) is 0 Å². The molecule has 0 spiro atoms. The van der Waals surface area contributed by atoms with Gasteiger partial charge in [-0.15, -0.1) is 0 Å². The normalized spacial score (nSPS) is 13.6. The van der Waals surface area contributed by atoms with E-state index >= 15 is 0 Å². The van der Waals surface area contributed by atoms with E-state index in [2.05, 4.69) is 55.5 Å². The van der Waals surface area contributed by atoms with Crippen LogP contribution in [0.25, 0.3) is 0 Å². The van der Waals surface area contributed by atoms with E-state index in [0.29, 0.717) is 12.8 Å². The lowest BCUT2D eigenvalue weighted by molar-refractivity contribution is -0.137. The van der Waals surface area contributed by atoms with Gasteiger partial charge >= 0.3 is 5.97 Å². The molecule has 1 atom stereocenters. The molecule has 210 valence electrons. The van der Waals surface area contributed by atoms with Gasteiger partial charge in [-0.2, -0.15) is 0 Å². The zero-order valence-corrected chi connectivity index (χ0v) is 23.7. The standard InChI is InChI=1S/C34H56O3/c1-2-3-27-30-33(35)31-28-25-23-21-19-17-15-13-11-9-7-5-4-6-8-10-12-14-16-18-20-22-24-26-29-32-34(36)37/h3,5,7,11,13,17,19,23,25,27-28,31,33,35H,2,4,6,8-10,12,14-16,18,20-22,24,26,29-30,32H2,1H3,(H,36,37)/b7-5-,13-11-,19-17-,25-23-,27-3-,31-28-. The smallest absolute Gasteiger partial charge is 0.303 e. The number of carboxylic acid groups (broad SMARTS) is 1. The Morgan fingerprint density at radius 3 is 1.62 bits per heavy atom. The highest BCUT2D eigenvalue weighted by molar-refractivity contribution is 5.66. The molecule has 0 amide bonds. The summed E-state index contributed by atoms with van der Waals surface area (Å²) < 4.78 is 0. The lowest BCUT2D eigenvalue weighted by Gasteiger charge is -2.02. The van der Waals surface area contributed by atoms with Crippen molar-refractivity contribution in [2.75, 3.05) is 0 Å². The Kier molecular flexibility index (Phi) is 28.4. The molecule has 0 saturated heterocycles. The first-order chi connectivity index (χ1) is 18.2. The molecule has 0 saturated carbocycles. The molecule has 0 heterocycles. The Hall–Kier alpha value is -2.13. The largest absolute Gasteiger partial charge is 0.481 e. The molecule has 3 nitrogen and oxygen atoms in total. The average Bonchev–Trinajstić information content (AvgIpc) is 2.88. The molecule has 0 bridgehead atoms. The van der Waals surface area contributed by atoms with E-state index < -0.39 is 12.1 Å². The summed E-state index contributed by atoms with van der Waals surface area (Å²) in [4.78, 5) is 10.5. The molecule has 0 aromatic rings. The number of allylic oxidation sites excluding steroid dienone is 10. The number of aliphatic hydroxyl groups is 1. The maximum atomic E-state index is 10.5. The summed E-state index contributed by atoms with van der Waals surface area (Å²) in [6.07, 6.45) is 46.2. The SMILES string of the molecule is CC/C=C\CC(O)/C=C\C=C/C/C=C\C/C=C\C/C=C\CCCCCCCCCCCCCCC(=O)O. The second-order valence-corrected chi connectivity index (χ2v) is 9.79. The van der Waals surface area contributed by atoms with E-state index in [1.165, 1.54) is 70.6 Å². The van der Waals surface area contributed by atoms with Crippen LogP contribution in [0.5, 0.6) is 0 Å². The van der Waals surface area contributed by atoms with Crippen LogP contribution < -0.4 is 0 Å². The molecule has 0 aromatic carbocycles. The van der Waals surface area contributed by atoms with Gasteiger partial charge in [0.2, 0.25) is 0 Å². The Bertz CT molecular complexity index is 667. The fourth-order valence-corrected chi connectivity index (χ4v) is 3.97. The van der Waals surface area contributed by atoms with Gasteiger partial charge in [-0.3, -0.25) is 4.79 Å². The monoisotopic (exact) mass is 512 g/mol. The summed E-state index contributed by atoms with van der Waals surface area (Å²) in [5.41, 5.74) is 0. The van der Waals surface area contributed by atoms with Crippen LogP contribution in [0.2, 0.25) is 0 Å². The first kappa shape index (κ1) is 34.9. The number of rotatable bonds is 26. The lowest BCUT2D eigenvalue weighted by atomic mass is 10.0. The number of carboxylic acids is 1. The van der Waals surface area contributed by atoms with Crippen molar-refractivity contribution in [3.8, 4) is 0 Å². The third-order valence-corrected chi connectivity index (χ3v) is 6.19. The fraction of sp³-hybridized carbons (Fsp3) is 0.618. The molecule has 0 rings (SSSR count). The van der Waals surface area contributed by atoms with Gasteiger partial charge < -0.3 is 10.2 Å². The Labute approximate surface area is 228 Å². The van der Waals surface area contributed by atoms with Crippen LogP contribution in [-0.2, 0) is 4.79 Å².